The third kappa shape index (κ3) is 3.32. The van der Waals surface area contributed by atoms with Gasteiger partial charge in [-0.05, 0) is 37.3 Å². The zero-order chi connectivity index (χ0) is 20.6. The molecule has 0 fully saturated rings. The fourth-order valence-corrected chi connectivity index (χ4v) is 4.69. The second-order valence-corrected chi connectivity index (χ2v) is 8.41. The molecule has 0 spiro atoms. The van der Waals surface area contributed by atoms with Crippen molar-refractivity contribution in [2.24, 2.45) is 0 Å². The van der Waals surface area contributed by atoms with Gasteiger partial charge in [0.25, 0.3) is 5.89 Å². The Morgan fingerprint density at radius 2 is 1.93 bits per heavy atom. The van der Waals surface area contributed by atoms with Crippen molar-refractivity contribution in [3.63, 3.8) is 0 Å². The number of pyridine rings is 1. The van der Waals surface area contributed by atoms with Gasteiger partial charge in [0.2, 0.25) is 15.8 Å². The van der Waals surface area contributed by atoms with E-state index in [2.05, 4.69) is 15.1 Å². The van der Waals surface area contributed by atoms with E-state index in [1.807, 2.05) is 26.8 Å². The minimum absolute atomic E-state index is 0.228. The first kappa shape index (κ1) is 19.3. The predicted octanol–water partition coefficient (Wildman–Crippen LogP) is 3.88. The van der Waals surface area contributed by atoms with E-state index in [0.29, 0.717) is 35.6 Å². The number of aromatic nitrogens is 3. The van der Waals surface area contributed by atoms with Gasteiger partial charge in [0.05, 0.1) is 4.90 Å². The molecule has 29 heavy (non-hydrogen) atoms. The zero-order valence-electron chi connectivity index (χ0n) is 16.3. The highest BCUT2D eigenvalue weighted by molar-refractivity contribution is 7.89. The Morgan fingerprint density at radius 1 is 1.14 bits per heavy atom. The summed E-state index contributed by atoms with van der Waals surface area (Å²) in [5.41, 5.74) is 2.01. The molecule has 0 bridgehead atoms. The number of sulfonamides is 1. The van der Waals surface area contributed by atoms with E-state index in [9.17, 15) is 8.42 Å². The number of fused-ring (bicyclic) bond motifs is 1. The predicted molar refractivity (Wildman–Crippen MR) is 108 cm³/mol. The number of hydrogen-bond donors (Lipinski definition) is 0. The van der Waals surface area contributed by atoms with Crippen molar-refractivity contribution < 1.29 is 17.4 Å². The maximum Gasteiger partial charge on any atom is 0.294 e. The summed E-state index contributed by atoms with van der Waals surface area (Å²) < 4.78 is 38.4. The third-order valence-electron chi connectivity index (χ3n) is 4.79. The van der Waals surface area contributed by atoms with Crippen LogP contribution in [0.4, 0.5) is 0 Å². The molecule has 0 atom stereocenters. The fourth-order valence-electron chi connectivity index (χ4n) is 3.21. The van der Waals surface area contributed by atoms with Gasteiger partial charge in [-0.2, -0.15) is 9.29 Å². The van der Waals surface area contributed by atoms with E-state index in [4.69, 9.17) is 8.94 Å². The maximum atomic E-state index is 12.8. The molecule has 0 radical (unpaired) electrons. The van der Waals surface area contributed by atoms with E-state index in [1.165, 1.54) is 4.31 Å². The molecule has 0 N–H and O–H groups in total. The molecule has 0 amide bonds. The first-order valence-corrected chi connectivity index (χ1v) is 10.7. The van der Waals surface area contributed by atoms with E-state index in [-0.39, 0.29) is 10.8 Å². The van der Waals surface area contributed by atoms with Crippen LogP contribution in [-0.2, 0) is 10.0 Å². The van der Waals surface area contributed by atoms with Crippen molar-refractivity contribution in [3.05, 3.63) is 48.3 Å². The lowest BCUT2D eigenvalue weighted by Gasteiger charge is -2.18. The van der Waals surface area contributed by atoms with Gasteiger partial charge in [0.1, 0.15) is 5.58 Å². The van der Waals surface area contributed by atoms with Gasteiger partial charge in [-0.25, -0.2) is 8.42 Å². The van der Waals surface area contributed by atoms with Gasteiger partial charge in [0.15, 0.2) is 5.76 Å². The second kappa shape index (κ2) is 7.41. The summed E-state index contributed by atoms with van der Waals surface area (Å²) in [6.07, 6.45) is 3.31. The van der Waals surface area contributed by atoms with Crippen molar-refractivity contribution in [2.75, 3.05) is 13.1 Å². The zero-order valence-corrected chi connectivity index (χ0v) is 17.1. The van der Waals surface area contributed by atoms with Crippen LogP contribution in [0.2, 0.25) is 0 Å². The van der Waals surface area contributed by atoms with Crippen molar-refractivity contribution in [1.82, 2.24) is 19.4 Å². The molecule has 4 aromatic rings. The first-order chi connectivity index (χ1) is 14.0. The minimum atomic E-state index is -3.56. The van der Waals surface area contributed by atoms with E-state index in [1.54, 1.807) is 36.7 Å². The van der Waals surface area contributed by atoms with Crippen molar-refractivity contribution >= 4 is 21.0 Å². The molecule has 0 unspecified atom stereocenters. The highest BCUT2D eigenvalue weighted by Crippen LogP contribution is 2.34. The van der Waals surface area contributed by atoms with Crippen LogP contribution in [0.15, 0.2) is 56.6 Å². The highest BCUT2D eigenvalue weighted by Gasteiger charge is 2.24. The first-order valence-electron chi connectivity index (χ1n) is 9.23. The van der Waals surface area contributed by atoms with Crippen LogP contribution in [0, 0.1) is 6.92 Å². The fraction of sp³-hybridized carbons (Fsp3) is 0.250. The van der Waals surface area contributed by atoms with Gasteiger partial charge in [-0.1, -0.05) is 19.0 Å². The Labute approximate surface area is 168 Å². The molecule has 0 aliphatic carbocycles. The highest BCUT2D eigenvalue weighted by atomic mass is 32.2. The monoisotopic (exact) mass is 412 g/mol. The molecular weight excluding hydrogens is 392 g/mol. The van der Waals surface area contributed by atoms with Crippen LogP contribution in [0.1, 0.15) is 19.4 Å². The summed E-state index contributed by atoms with van der Waals surface area (Å²) in [4.78, 5) is 8.67. The molecule has 0 aliphatic heterocycles. The molecule has 4 rings (SSSR count). The smallest absolute Gasteiger partial charge is 0.294 e. The SMILES string of the molecule is CCN(CC)S(=O)(=O)c1ccc2oc(-c3nc(-c4cccnc4)no3)c(C)c2c1. The second-order valence-electron chi connectivity index (χ2n) is 6.47. The largest absolute Gasteiger partial charge is 0.451 e. The average Bonchev–Trinajstić information content (AvgIpc) is 3.34. The minimum Gasteiger partial charge on any atom is -0.451 e. The molecule has 150 valence electrons. The Bertz CT molecular complexity index is 1260. The summed E-state index contributed by atoms with van der Waals surface area (Å²) >= 11 is 0. The number of nitrogens with zero attached hydrogens (tertiary/aromatic N) is 4. The summed E-state index contributed by atoms with van der Waals surface area (Å²) in [7, 11) is -3.56. The third-order valence-corrected chi connectivity index (χ3v) is 6.84. The molecular formula is C20H20N4O4S. The maximum absolute atomic E-state index is 12.8. The molecule has 3 aromatic heterocycles. The lowest BCUT2D eigenvalue weighted by Crippen LogP contribution is -2.30. The standard InChI is InChI=1S/C20H20N4O4S/c1-4-24(5-2)29(25,26)15-8-9-17-16(11-15)13(3)18(27-17)20-22-19(23-28-20)14-7-6-10-21-12-14/h6-12H,4-5H2,1-3H3. The molecule has 8 nitrogen and oxygen atoms in total. The van der Waals surface area contributed by atoms with E-state index >= 15 is 0 Å². The van der Waals surface area contributed by atoms with Crippen molar-refractivity contribution in [2.45, 2.75) is 25.7 Å². The number of furan rings is 1. The summed E-state index contributed by atoms with van der Waals surface area (Å²) in [5, 5.41) is 4.68. The quantitative estimate of drug-likeness (QED) is 0.473. The van der Waals surface area contributed by atoms with Crippen molar-refractivity contribution in [1.29, 1.82) is 0 Å². The summed E-state index contributed by atoms with van der Waals surface area (Å²) in [6, 6.07) is 8.45. The van der Waals surface area contributed by atoms with Gasteiger partial charge in [-0.3, -0.25) is 4.98 Å². The Morgan fingerprint density at radius 3 is 2.62 bits per heavy atom. The summed E-state index contributed by atoms with van der Waals surface area (Å²) in [6.45, 7) is 6.28. The van der Waals surface area contributed by atoms with Crippen LogP contribution in [-0.4, -0.2) is 40.9 Å². The normalized spacial score (nSPS) is 12.1. The lowest BCUT2D eigenvalue weighted by atomic mass is 10.1. The number of rotatable bonds is 6. The Kier molecular flexibility index (Phi) is 4.93. The van der Waals surface area contributed by atoms with Crippen LogP contribution in [0.3, 0.4) is 0 Å². The Hall–Kier alpha value is -3.04. The van der Waals surface area contributed by atoms with E-state index in [0.717, 1.165) is 11.1 Å². The number of benzene rings is 1. The molecule has 1 aromatic carbocycles. The Balaban J connectivity index is 1.77. The average molecular weight is 412 g/mol. The van der Waals surface area contributed by atoms with Crippen LogP contribution in [0.5, 0.6) is 0 Å². The van der Waals surface area contributed by atoms with Crippen LogP contribution >= 0.6 is 0 Å². The van der Waals surface area contributed by atoms with Gasteiger partial charge < -0.3 is 8.94 Å². The molecule has 0 saturated heterocycles. The van der Waals surface area contributed by atoms with Gasteiger partial charge in [0, 0.05) is 42.0 Å². The summed E-state index contributed by atoms with van der Waals surface area (Å²) in [5.74, 6) is 1.04. The number of aryl methyl sites for hydroxylation is 1. The van der Waals surface area contributed by atoms with Crippen LogP contribution in [0.25, 0.3) is 34.0 Å². The van der Waals surface area contributed by atoms with Gasteiger partial charge in [-0.15, -0.1) is 0 Å². The topological polar surface area (TPSA) is 102 Å². The number of hydrogen-bond acceptors (Lipinski definition) is 7. The molecule has 0 aliphatic rings. The molecule has 0 saturated carbocycles. The molecule has 9 heteroatoms. The lowest BCUT2D eigenvalue weighted by molar-refractivity contribution is 0.419. The van der Waals surface area contributed by atoms with Crippen LogP contribution < -0.4 is 0 Å². The van der Waals surface area contributed by atoms with Crippen molar-refractivity contribution in [3.8, 4) is 23.0 Å². The van der Waals surface area contributed by atoms with Gasteiger partial charge >= 0.3 is 0 Å². The van der Waals surface area contributed by atoms with E-state index < -0.39 is 10.0 Å². The molecule has 3 heterocycles.